The predicted octanol–water partition coefficient (Wildman–Crippen LogP) is 3.18. The minimum Gasteiger partial charge on any atom is -0.438 e. The minimum atomic E-state index is -0.386. The number of hydrogen-bond donors (Lipinski definition) is 3. The van der Waals surface area contributed by atoms with Crippen molar-refractivity contribution in [1.82, 2.24) is 9.97 Å². The molecule has 31 heavy (non-hydrogen) atoms. The van der Waals surface area contributed by atoms with Crippen LogP contribution in [-0.4, -0.2) is 35.0 Å². The number of carbonyl (C=O) groups excluding carboxylic acids is 1. The molecule has 2 unspecified atom stereocenters. The fraction of sp³-hybridized carbons (Fsp3) is 0.261. The highest BCUT2D eigenvalue weighted by Crippen LogP contribution is 2.33. The van der Waals surface area contributed by atoms with Crippen molar-refractivity contribution in [2.24, 2.45) is 11.7 Å². The number of nitrogens with zero attached hydrogens (tertiary/aromatic N) is 3. The Bertz CT molecular complexity index is 1220. The van der Waals surface area contributed by atoms with E-state index in [2.05, 4.69) is 27.1 Å². The zero-order chi connectivity index (χ0) is 21.5. The normalized spacial score (nSPS) is 20.5. The van der Waals surface area contributed by atoms with Crippen LogP contribution in [0.2, 0.25) is 0 Å². The fourth-order valence-electron chi connectivity index (χ4n) is 4.30. The molecule has 3 aromatic heterocycles. The molecule has 2 atom stereocenters. The van der Waals surface area contributed by atoms with Crippen molar-refractivity contribution in [2.45, 2.75) is 19.4 Å². The molecule has 1 aliphatic heterocycles. The van der Waals surface area contributed by atoms with Crippen LogP contribution >= 0.6 is 0 Å². The van der Waals surface area contributed by atoms with Gasteiger partial charge >= 0.3 is 0 Å². The number of amides is 1. The molecule has 0 bridgehead atoms. The van der Waals surface area contributed by atoms with Gasteiger partial charge in [0.1, 0.15) is 11.1 Å². The van der Waals surface area contributed by atoms with Gasteiger partial charge in [0.25, 0.3) is 5.91 Å². The molecule has 5 rings (SSSR count). The van der Waals surface area contributed by atoms with E-state index in [0.29, 0.717) is 22.7 Å². The van der Waals surface area contributed by atoms with Gasteiger partial charge in [0.15, 0.2) is 5.58 Å². The topological polar surface area (TPSA) is 123 Å². The van der Waals surface area contributed by atoms with E-state index < -0.39 is 0 Å². The summed E-state index contributed by atoms with van der Waals surface area (Å²) in [6.45, 7) is 3.77. The second kappa shape index (κ2) is 7.55. The Balaban J connectivity index is 1.44. The van der Waals surface area contributed by atoms with E-state index in [-0.39, 0.29) is 23.4 Å². The van der Waals surface area contributed by atoms with E-state index in [9.17, 15) is 4.79 Å². The first-order valence-electron chi connectivity index (χ1n) is 10.3. The minimum absolute atomic E-state index is 0.0364. The molecule has 0 saturated carbocycles. The molecule has 5 N–H and O–H groups in total. The van der Waals surface area contributed by atoms with Crippen molar-refractivity contribution in [3.8, 4) is 0 Å². The number of nitrogen functional groups attached to an aromatic ring is 1. The molecule has 2 aliphatic rings. The van der Waals surface area contributed by atoms with Gasteiger partial charge < -0.3 is 26.1 Å². The quantitative estimate of drug-likeness (QED) is 0.597. The van der Waals surface area contributed by atoms with Gasteiger partial charge in [-0.05, 0) is 30.0 Å². The SMILES string of the molecule is CC1CC(N)CN(c2ccncc2NC(=O)c2c(N)oc3cc(C4=CC=C4)cnc23)C1. The molecule has 0 aromatic carbocycles. The van der Waals surface area contributed by atoms with Gasteiger partial charge in [0.05, 0.1) is 17.6 Å². The third kappa shape index (κ3) is 3.55. The van der Waals surface area contributed by atoms with Gasteiger partial charge in [-0.25, -0.2) is 0 Å². The van der Waals surface area contributed by atoms with E-state index in [0.717, 1.165) is 36.3 Å². The van der Waals surface area contributed by atoms with Gasteiger partial charge in [-0.2, -0.15) is 0 Å². The molecule has 1 aliphatic carbocycles. The Morgan fingerprint density at radius 2 is 2.16 bits per heavy atom. The van der Waals surface area contributed by atoms with Crippen LogP contribution in [0.15, 0.2) is 53.4 Å². The maximum atomic E-state index is 13.2. The molecule has 0 radical (unpaired) electrons. The number of rotatable bonds is 4. The summed E-state index contributed by atoms with van der Waals surface area (Å²) in [7, 11) is 0. The number of pyridine rings is 2. The maximum Gasteiger partial charge on any atom is 0.263 e. The van der Waals surface area contributed by atoms with Crippen LogP contribution < -0.4 is 21.7 Å². The van der Waals surface area contributed by atoms with Gasteiger partial charge in [0.2, 0.25) is 5.88 Å². The zero-order valence-electron chi connectivity index (χ0n) is 17.2. The maximum absolute atomic E-state index is 13.2. The molecule has 1 amide bonds. The van der Waals surface area contributed by atoms with Crippen molar-refractivity contribution in [2.75, 3.05) is 29.0 Å². The lowest BCUT2D eigenvalue weighted by Crippen LogP contribution is -2.46. The summed E-state index contributed by atoms with van der Waals surface area (Å²) in [5, 5.41) is 2.95. The molecular formula is C23H24N6O2. The number of fused-ring (bicyclic) bond motifs is 1. The number of nitrogens with one attached hydrogen (secondary N) is 1. The standard InChI is InChI=1S/C23H24N6O2/c1-13-7-16(24)12-29(11-13)18-5-6-26-10-17(18)28-23(30)20-21-19(31-22(20)25)8-15(9-27-21)14-3-2-4-14/h2-6,8-10,13,16H,7,11-12,24-25H2,1H3,(H,28,30). The molecule has 4 heterocycles. The number of anilines is 3. The van der Waals surface area contributed by atoms with Gasteiger partial charge in [-0.3, -0.25) is 14.8 Å². The molecule has 1 fully saturated rings. The summed E-state index contributed by atoms with van der Waals surface area (Å²) in [6.07, 6.45) is 12.0. The lowest BCUT2D eigenvalue weighted by Gasteiger charge is -2.37. The number of hydrogen-bond acceptors (Lipinski definition) is 7. The van der Waals surface area contributed by atoms with Crippen molar-refractivity contribution < 1.29 is 9.21 Å². The highest BCUT2D eigenvalue weighted by molar-refractivity contribution is 6.15. The number of piperidine rings is 1. The van der Waals surface area contributed by atoms with E-state index in [1.54, 1.807) is 18.6 Å². The lowest BCUT2D eigenvalue weighted by molar-refractivity contribution is 0.102. The lowest BCUT2D eigenvalue weighted by atomic mass is 9.96. The fourth-order valence-corrected chi connectivity index (χ4v) is 4.30. The first-order chi connectivity index (χ1) is 15.0. The van der Waals surface area contributed by atoms with E-state index in [4.69, 9.17) is 15.9 Å². The van der Waals surface area contributed by atoms with Crippen LogP contribution in [0.4, 0.5) is 17.3 Å². The number of carbonyl (C=O) groups is 1. The first-order valence-corrected chi connectivity index (χ1v) is 10.3. The second-order valence-electron chi connectivity index (χ2n) is 8.25. The Morgan fingerprint density at radius 3 is 2.90 bits per heavy atom. The van der Waals surface area contributed by atoms with Crippen LogP contribution in [0.25, 0.3) is 16.7 Å². The number of allylic oxidation sites excluding steroid dienone is 4. The Kier molecular flexibility index (Phi) is 4.71. The van der Waals surface area contributed by atoms with Gasteiger partial charge in [-0.15, -0.1) is 0 Å². The molecule has 0 spiro atoms. The first kappa shape index (κ1) is 19.3. The van der Waals surface area contributed by atoms with Crippen LogP contribution in [0.1, 0.15) is 29.3 Å². The summed E-state index contributed by atoms with van der Waals surface area (Å²) in [5.74, 6) is 0.116. The van der Waals surface area contributed by atoms with Crippen molar-refractivity contribution in [3.63, 3.8) is 0 Å². The largest absolute Gasteiger partial charge is 0.438 e. The van der Waals surface area contributed by atoms with Gasteiger partial charge in [-0.1, -0.05) is 25.2 Å². The summed E-state index contributed by atoms with van der Waals surface area (Å²) < 4.78 is 5.65. The number of furan rings is 1. The summed E-state index contributed by atoms with van der Waals surface area (Å²) in [6, 6.07) is 3.83. The summed E-state index contributed by atoms with van der Waals surface area (Å²) in [5.41, 5.74) is 16.9. The Morgan fingerprint density at radius 1 is 1.32 bits per heavy atom. The number of aromatic nitrogens is 2. The monoisotopic (exact) mass is 416 g/mol. The Labute approximate surface area is 179 Å². The predicted molar refractivity (Wildman–Crippen MR) is 122 cm³/mol. The number of nitrogens with two attached hydrogens (primary N) is 2. The van der Waals surface area contributed by atoms with E-state index in [1.165, 1.54) is 0 Å². The van der Waals surface area contributed by atoms with Crippen molar-refractivity contribution in [3.05, 3.63) is 60.1 Å². The van der Waals surface area contributed by atoms with E-state index in [1.807, 2.05) is 30.4 Å². The van der Waals surface area contributed by atoms with E-state index >= 15 is 0 Å². The third-order valence-corrected chi connectivity index (χ3v) is 5.75. The second-order valence-corrected chi connectivity index (χ2v) is 8.25. The van der Waals surface area contributed by atoms with Crippen LogP contribution in [-0.2, 0) is 0 Å². The zero-order valence-corrected chi connectivity index (χ0v) is 17.2. The Hall–Kier alpha value is -3.65. The molecular weight excluding hydrogens is 392 g/mol. The summed E-state index contributed by atoms with van der Waals surface area (Å²) >= 11 is 0. The third-order valence-electron chi connectivity index (χ3n) is 5.75. The van der Waals surface area contributed by atoms with Crippen LogP contribution in [0.5, 0.6) is 0 Å². The average molecular weight is 416 g/mol. The van der Waals surface area contributed by atoms with Crippen molar-refractivity contribution >= 4 is 39.8 Å². The molecule has 158 valence electrons. The van der Waals surface area contributed by atoms with Gasteiger partial charge in [0, 0.05) is 37.1 Å². The van der Waals surface area contributed by atoms with Crippen LogP contribution in [0, 0.1) is 5.92 Å². The average Bonchev–Trinajstić information content (AvgIpc) is 3.01. The van der Waals surface area contributed by atoms with Crippen LogP contribution in [0.3, 0.4) is 0 Å². The highest BCUT2D eigenvalue weighted by Gasteiger charge is 2.26. The molecule has 1 saturated heterocycles. The van der Waals surface area contributed by atoms with Crippen molar-refractivity contribution in [1.29, 1.82) is 0 Å². The molecule has 8 heteroatoms. The molecule has 3 aromatic rings. The molecule has 8 nitrogen and oxygen atoms in total. The smallest absolute Gasteiger partial charge is 0.263 e. The summed E-state index contributed by atoms with van der Waals surface area (Å²) in [4.78, 5) is 24.0. The highest BCUT2D eigenvalue weighted by atomic mass is 16.3.